The first-order valence-corrected chi connectivity index (χ1v) is 5.30. The highest BCUT2D eigenvalue weighted by atomic mass is 32.1. The third-order valence-corrected chi connectivity index (χ3v) is 2.12. The van der Waals surface area contributed by atoms with Crippen molar-refractivity contribution in [2.24, 2.45) is 0 Å². The van der Waals surface area contributed by atoms with Gasteiger partial charge >= 0.3 is 0 Å². The summed E-state index contributed by atoms with van der Waals surface area (Å²) >= 11 is 1.37. The Labute approximate surface area is 87.6 Å². The van der Waals surface area contributed by atoms with Crippen LogP contribution in [0, 0.1) is 0 Å². The van der Waals surface area contributed by atoms with Crippen molar-refractivity contribution in [1.82, 2.24) is 14.9 Å². The smallest absolute Gasteiger partial charge is 0.0893 e. The van der Waals surface area contributed by atoms with E-state index in [0.29, 0.717) is 19.8 Å². The second kappa shape index (κ2) is 7.81. The van der Waals surface area contributed by atoms with Crippen molar-refractivity contribution < 1.29 is 9.47 Å². The minimum Gasteiger partial charge on any atom is -0.382 e. The molecule has 0 saturated heterocycles. The normalized spacial score (nSPS) is 10.6. The fourth-order valence-electron chi connectivity index (χ4n) is 0.866. The van der Waals surface area contributed by atoms with Crippen LogP contribution < -0.4 is 5.32 Å². The van der Waals surface area contributed by atoms with Gasteiger partial charge < -0.3 is 14.8 Å². The number of aromatic nitrogens is 2. The lowest BCUT2D eigenvalue weighted by Gasteiger charge is -2.03. The molecule has 0 bridgehead atoms. The Bertz CT molecular complexity index is 218. The van der Waals surface area contributed by atoms with Gasteiger partial charge in [-0.1, -0.05) is 4.49 Å². The van der Waals surface area contributed by atoms with Crippen molar-refractivity contribution in [2.45, 2.75) is 6.54 Å². The molecule has 1 N–H and O–H groups in total. The van der Waals surface area contributed by atoms with Crippen LogP contribution in [-0.2, 0) is 16.0 Å². The van der Waals surface area contributed by atoms with Crippen molar-refractivity contribution in [3.05, 3.63) is 11.1 Å². The molecule has 0 spiro atoms. The molecule has 0 aromatic carbocycles. The lowest BCUT2D eigenvalue weighted by molar-refractivity contribution is 0.0719. The Kier molecular flexibility index (Phi) is 6.42. The van der Waals surface area contributed by atoms with Gasteiger partial charge in [0.25, 0.3) is 0 Å². The van der Waals surface area contributed by atoms with E-state index in [-0.39, 0.29) is 0 Å². The highest BCUT2D eigenvalue weighted by molar-refractivity contribution is 7.03. The van der Waals surface area contributed by atoms with Crippen molar-refractivity contribution in [1.29, 1.82) is 0 Å². The van der Waals surface area contributed by atoms with E-state index >= 15 is 0 Å². The molecule has 1 heterocycles. The minimum atomic E-state index is 0.649. The molecule has 6 heteroatoms. The second-order valence-corrected chi connectivity index (χ2v) is 3.29. The van der Waals surface area contributed by atoms with Gasteiger partial charge in [-0.15, -0.1) is 5.10 Å². The Hall–Kier alpha value is -0.560. The number of nitrogens with zero attached hydrogens (tertiary/aromatic N) is 2. The van der Waals surface area contributed by atoms with Crippen LogP contribution in [0.15, 0.2) is 5.38 Å². The largest absolute Gasteiger partial charge is 0.382 e. The van der Waals surface area contributed by atoms with Gasteiger partial charge in [-0.2, -0.15) is 0 Å². The third kappa shape index (κ3) is 5.23. The summed E-state index contributed by atoms with van der Waals surface area (Å²) in [5.41, 5.74) is 0.979. The minimum absolute atomic E-state index is 0.649. The van der Waals surface area contributed by atoms with Gasteiger partial charge in [0.05, 0.1) is 25.5 Å². The van der Waals surface area contributed by atoms with Gasteiger partial charge in [0.2, 0.25) is 0 Å². The lowest BCUT2D eigenvalue weighted by Crippen LogP contribution is -2.20. The van der Waals surface area contributed by atoms with Crippen molar-refractivity contribution >= 4 is 11.5 Å². The number of methoxy groups -OCH3 is 1. The summed E-state index contributed by atoms with van der Waals surface area (Å²) in [7, 11) is 1.66. The highest BCUT2D eigenvalue weighted by Gasteiger charge is 1.94. The fourth-order valence-corrected chi connectivity index (χ4v) is 1.32. The summed E-state index contributed by atoms with van der Waals surface area (Å²) in [6.45, 7) is 3.57. The molecule has 5 nitrogen and oxygen atoms in total. The average Bonchev–Trinajstić information content (AvgIpc) is 2.69. The number of ether oxygens (including phenoxy) is 2. The van der Waals surface area contributed by atoms with E-state index in [1.165, 1.54) is 11.5 Å². The van der Waals surface area contributed by atoms with Crippen LogP contribution >= 0.6 is 11.5 Å². The monoisotopic (exact) mass is 217 g/mol. The summed E-state index contributed by atoms with van der Waals surface area (Å²) in [4.78, 5) is 0. The maximum absolute atomic E-state index is 5.27. The molecule has 0 amide bonds. The predicted molar refractivity (Wildman–Crippen MR) is 54.3 cm³/mol. The van der Waals surface area contributed by atoms with Crippen LogP contribution in [0.3, 0.4) is 0 Å². The first-order chi connectivity index (χ1) is 6.93. The first-order valence-electron chi connectivity index (χ1n) is 4.47. The molecule has 0 aliphatic carbocycles. The van der Waals surface area contributed by atoms with E-state index < -0.39 is 0 Å². The predicted octanol–water partition coefficient (Wildman–Crippen LogP) is 0.291. The second-order valence-electron chi connectivity index (χ2n) is 2.68. The van der Waals surface area contributed by atoms with E-state index in [9.17, 15) is 0 Å². The maximum atomic E-state index is 5.27. The van der Waals surface area contributed by atoms with Gasteiger partial charge in [0.15, 0.2) is 0 Å². The number of nitrogens with one attached hydrogen (secondary N) is 1. The van der Waals surface area contributed by atoms with Crippen LogP contribution in [0.5, 0.6) is 0 Å². The topological polar surface area (TPSA) is 56.3 Å². The molecule has 0 saturated carbocycles. The van der Waals surface area contributed by atoms with E-state index in [4.69, 9.17) is 9.47 Å². The molecule has 0 fully saturated rings. The Balaban J connectivity index is 1.85. The molecular formula is C8H15N3O2S. The Morgan fingerprint density at radius 2 is 2.36 bits per heavy atom. The van der Waals surface area contributed by atoms with Gasteiger partial charge in [-0.25, -0.2) is 0 Å². The van der Waals surface area contributed by atoms with Crippen LogP contribution in [0.25, 0.3) is 0 Å². The van der Waals surface area contributed by atoms with E-state index in [1.54, 1.807) is 7.11 Å². The van der Waals surface area contributed by atoms with Gasteiger partial charge in [0.1, 0.15) is 0 Å². The molecule has 0 aliphatic rings. The van der Waals surface area contributed by atoms with E-state index in [1.807, 2.05) is 5.38 Å². The third-order valence-electron chi connectivity index (χ3n) is 1.57. The number of hydrogen-bond acceptors (Lipinski definition) is 6. The zero-order valence-electron chi connectivity index (χ0n) is 8.23. The fraction of sp³-hybridized carbons (Fsp3) is 0.750. The average molecular weight is 217 g/mol. The molecule has 0 aliphatic heterocycles. The molecule has 0 atom stereocenters. The van der Waals surface area contributed by atoms with Gasteiger partial charge in [-0.3, -0.25) is 0 Å². The van der Waals surface area contributed by atoms with Crippen molar-refractivity contribution in [3.8, 4) is 0 Å². The van der Waals surface area contributed by atoms with E-state index in [0.717, 1.165) is 18.8 Å². The van der Waals surface area contributed by atoms with Gasteiger partial charge in [0, 0.05) is 25.6 Å². The summed E-state index contributed by atoms with van der Waals surface area (Å²) in [6.07, 6.45) is 0. The molecule has 80 valence electrons. The standard InChI is InChI=1S/C8H15N3O2S/c1-12-4-5-13-3-2-9-6-8-7-14-11-10-8/h7,9H,2-6H2,1H3. The highest BCUT2D eigenvalue weighted by Crippen LogP contribution is 1.94. The van der Waals surface area contributed by atoms with Crippen LogP contribution in [-0.4, -0.2) is 43.1 Å². The van der Waals surface area contributed by atoms with Crippen molar-refractivity contribution in [3.63, 3.8) is 0 Å². The molecule has 1 aromatic heterocycles. The zero-order chi connectivity index (χ0) is 10.1. The lowest BCUT2D eigenvalue weighted by atomic mass is 10.5. The quantitative estimate of drug-likeness (QED) is 0.634. The summed E-state index contributed by atoms with van der Waals surface area (Å²) in [6, 6.07) is 0. The maximum Gasteiger partial charge on any atom is 0.0893 e. The number of hydrogen-bond donors (Lipinski definition) is 1. The molecular weight excluding hydrogens is 202 g/mol. The van der Waals surface area contributed by atoms with Crippen LogP contribution in [0.4, 0.5) is 0 Å². The number of rotatable bonds is 8. The summed E-state index contributed by atoms with van der Waals surface area (Å²) in [5, 5.41) is 9.04. The van der Waals surface area contributed by atoms with Crippen LogP contribution in [0.2, 0.25) is 0 Å². The zero-order valence-corrected chi connectivity index (χ0v) is 9.05. The first kappa shape index (κ1) is 11.5. The summed E-state index contributed by atoms with van der Waals surface area (Å²) < 4.78 is 13.9. The molecule has 14 heavy (non-hydrogen) atoms. The SMILES string of the molecule is COCCOCCNCc1csnn1. The van der Waals surface area contributed by atoms with Crippen molar-refractivity contribution in [2.75, 3.05) is 33.5 Å². The summed E-state index contributed by atoms with van der Waals surface area (Å²) in [5.74, 6) is 0. The molecule has 1 rings (SSSR count). The molecule has 1 aromatic rings. The van der Waals surface area contributed by atoms with Crippen LogP contribution in [0.1, 0.15) is 5.69 Å². The Morgan fingerprint density at radius 1 is 1.43 bits per heavy atom. The van der Waals surface area contributed by atoms with Gasteiger partial charge in [-0.05, 0) is 11.5 Å². The molecule has 0 radical (unpaired) electrons. The Morgan fingerprint density at radius 3 is 3.07 bits per heavy atom. The van der Waals surface area contributed by atoms with E-state index in [2.05, 4.69) is 14.9 Å². The molecule has 0 unspecified atom stereocenters.